The molecule has 0 bridgehead atoms. The summed E-state index contributed by atoms with van der Waals surface area (Å²) >= 11 is 1.61. The zero-order chi connectivity index (χ0) is 14.1. The van der Waals surface area contributed by atoms with E-state index in [1.807, 2.05) is 6.07 Å². The van der Waals surface area contributed by atoms with Crippen molar-refractivity contribution >= 4 is 11.3 Å². The molecule has 3 nitrogen and oxygen atoms in total. The van der Waals surface area contributed by atoms with E-state index in [0.29, 0.717) is 26.1 Å². The third kappa shape index (κ3) is 2.84. The summed E-state index contributed by atoms with van der Waals surface area (Å²) in [6.07, 6.45) is 0.503. The molecule has 1 fully saturated rings. The summed E-state index contributed by atoms with van der Waals surface area (Å²) in [5.74, 6) is 0. The molecule has 0 spiro atoms. The van der Waals surface area contributed by atoms with Crippen molar-refractivity contribution in [2.45, 2.75) is 45.1 Å². The molecule has 0 radical (unpaired) electrons. The molecule has 1 aliphatic heterocycles. The molecular formula is C15H21NO2S. The Labute approximate surface area is 118 Å². The minimum atomic E-state index is -0.706. The molecule has 1 N–H and O–H groups in total. The van der Waals surface area contributed by atoms with Gasteiger partial charge in [0.1, 0.15) is 6.10 Å². The Kier molecular flexibility index (Phi) is 4.00. The number of hydrogen-bond donors (Lipinski definition) is 1. The number of aliphatic hydroxyl groups is 1. The van der Waals surface area contributed by atoms with E-state index >= 15 is 0 Å². The van der Waals surface area contributed by atoms with Crippen molar-refractivity contribution in [2.75, 3.05) is 13.2 Å². The Hall–Kier alpha value is -0.890. The van der Waals surface area contributed by atoms with Crippen LogP contribution in [0.2, 0.25) is 0 Å². The molecule has 1 aromatic heterocycles. The van der Waals surface area contributed by atoms with Crippen LogP contribution in [0.1, 0.15) is 49.5 Å². The summed E-state index contributed by atoms with van der Waals surface area (Å²) in [6.45, 7) is 7.58. The van der Waals surface area contributed by atoms with Gasteiger partial charge < -0.3 is 9.84 Å². The van der Waals surface area contributed by atoms with Crippen LogP contribution in [0.4, 0.5) is 0 Å². The van der Waals surface area contributed by atoms with Gasteiger partial charge in [-0.05, 0) is 30.4 Å². The number of hydrogen-bond acceptors (Lipinski definition) is 4. The molecule has 1 aromatic rings. The summed E-state index contributed by atoms with van der Waals surface area (Å²) in [4.78, 5) is 2.13. The van der Waals surface area contributed by atoms with E-state index in [0.717, 1.165) is 4.88 Å². The fourth-order valence-electron chi connectivity index (χ4n) is 2.36. The molecule has 19 heavy (non-hydrogen) atoms. The third-order valence-corrected chi connectivity index (χ3v) is 5.33. The van der Waals surface area contributed by atoms with Gasteiger partial charge in [0.2, 0.25) is 0 Å². The lowest BCUT2D eigenvalue weighted by molar-refractivity contribution is -0.0295. The molecule has 0 aliphatic carbocycles. The summed E-state index contributed by atoms with van der Waals surface area (Å²) in [5, 5.41) is 20.1. The average molecular weight is 279 g/mol. The van der Waals surface area contributed by atoms with Crippen molar-refractivity contribution in [3.05, 3.63) is 21.9 Å². The van der Waals surface area contributed by atoms with Gasteiger partial charge in [-0.2, -0.15) is 5.26 Å². The predicted molar refractivity (Wildman–Crippen MR) is 76.1 cm³/mol. The highest BCUT2D eigenvalue weighted by Gasteiger charge is 2.41. The first-order valence-corrected chi connectivity index (χ1v) is 7.48. The summed E-state index contributed by atoms with van der Waals surface area (Å²) in [6, 6.07) is 6.37. The van der Waals surface area contributed by atoms with Crippen LogP contribution in [0, 0.1) is 16.7 Å². The number of nitriles is 1. The number of aliphatic hydroxyl groups excluding tert-OH is 1. The maximum atomic E-state index is 10.6. The van der Waals surface area contributed by atoms with Crippen molar-refractivity contribution in [1.29, 1.82) is 5.26 Å². The highest BCUT2D eigenvalue weighted by Crippen LogP contribution is 2.45. The number of nitrogens with zero attached hydrogens (tertiary/aromatic N) is 1. The maximum absolute atomic E-state index is 10.6. The van der Waals surface area contributed by atoms with Crippen LogP contribution >= 0.6 is 11.3 Å². The van der Waals surface area contributed by atoms with Crippen molar-refractivity contribution in [3.63, 3.8) is 0 Å². The summed E-state index contributed by atoms with van der Waals surface area (Å²) < 4.78 is 5.31. The van der Waals surface area contributed by atoms with Gasteiger partial charge in [-0.15, -0.1) is 11.3 Å². The lowest BCUT2D eigenvalue weighted by Crippen LogP contribution is -2.33. The molecule has 0 saturated carbocycles. The van der Waals surface area contributed by atoms with Gasteiger partial charge in [-0.1, -0.05) is 20.8 Å². The van der Waals surface area contributed by atoms with Gasteiger partial charge in [-0.25, -0.2) is 0 Å². The fourth-order valence-corrected chi connectivity index (χ4v) is 3.53. The molecule has 1 aliphatic rings. The van der Waals surface area contributed by atoms with E-state index in [-0.39, 0.29) is 5.41 Å². The maximum Gasteiger partial charge on any atom is 0.107 e. The molecule has 0 aromatic carbocycles. The molecule has 2 heterocycles. The van der Waals surface area contributed by atoms with Crippen molar-refractivity contribution in [1.82, 2.24) is 0 Å². The number of rotatable bonds is 2. The molecule has 1 saturated heterocycles. The topological polar surface area (TPSA) is 53.2 Å². The largest absolute Gasteiger partial charge is 0.386 e. The first kappa shape index (κ1) is 14.5. The van der Waals surface area contributed by atoms with Gasteiger partial charge >= 0.3 is 0 Å². The van der Waals surface area contributed by atoms with Crippen LogP contribution in [0.3, 0.4) is 0 Å². The van der Waals surface area contributed by atoms with E-state index in [2.05, 4.69) is 32.9 Å². The second-order valence-corrected chi connectivity index (χ2v) is 7.35. The van der Waals surface area contributed by atoms with Crippen molar-refractivity contribution in [3.8, 4) is 6.07 Å². The van der Waals surface area contributed by atoms with E-state index in [4.69, 9.17) is 4.74 Å². The van der Waals surface area contributed by atoms with Gasteiger partial charge in [0.25, 0.3) is 0 Å². The normalized spacial score (nSPS) is 20.8. The second-order valence-electron chi connectivity index (χ2n) is 6.23. The SMILES string of the molecule is CC(C)(C)c1ccc(C(O)C2(C#N)CCOCC2)s1. The monoisotopic (exact) mass is 279 g/mol. The van der Waals surface area contributed by atoms with E-state index in [1.165, 1.54) is 4.88 Å². The Balaban J connectivity index is 2.26. The minimum absolute atomic E-state index is 0.0815. The number of ether oxygens (including phenoxy) is 1. The summed E-state index contributed by atoms with van der Waals surface area (Å²) in [7, 11) is 0. The molecule has 104 valence electrons. The highest BCUT2D eigenvalue weighted by molar-refractivity contribution is 7.12. The number of thiophene rings is 1. The van der Waals surface area contributed by atoms with Crippen LogP contribution in [0.25, 0.3) is 0 Å². The van der Waals surface area contributed by atoms with Crippen LogP contribution in [0.15, 0.2) is 12.1 Å². The lowest BCUT2D eigenvalue weighted by atomic mass is 9.76. The Morgan fingerprint density at radius 3 is 2.47 bits per heavy atom. The first-order valence-electron chi connectivity index (χ1n) is 6.66. The Bertz CT molecular complexity index is 475. The predicted octanol–water partition coefficient (Wildman–Crippen LogP) is 3.40. The zero-order valence-electron chi connectivity index (χ0n) is 11.8. The van der Waals surface area contributed by atoms with Gasteiger partial charge in [0.05, 0.1) is 11.5 Å². The molecular weight excluding hydrogens is 258 g/mol. The standard InChI is InChI=1S/C15H21NO2S/c1-14(2,3)12-5-4-11(19-12)13(17)15(10-16)6-8-18-9-7-15/h4-5,13,17H,6-9H2,1-3H3. The van der Waals surface area contributed by atoms with Crippen molar-refractivity contribution in [2.24, 2.45) is 5.41 Å². The van der Waals surface area contributed by atoms with E-state index in [9.17, 15) is 10.4 Å². The molecule has 2 rings (SSSR count). The lowest BCUT2D eigenvalue weighted by Gasteiger charge is -2.34. The molecule has 4 heteroatoms. The van der Waals surface area contributed by atoms with Crippen LogP contribution in [0.5, 0.6) is 0 Å². The zero-order valence-corrected chi connectivity index (χ0v) is 12.6. The van der Waals surface area contributed by atoms with Crippen LogP contribution in [-0.2, 0) is 10.2 Å². The average Bonchev–Trinajstić information content (AvgIpc) is 2.88. The summed E-state index contributed by atoms with van der Waals surface area (Å²) in [5.41, 5.74) is -0.601. The van der Waals surface area contributed by atoms with Crippen molar-refractivity contribution < 1.29 is 9.84 Å². The molecule has 0 amide bonds. The highest BCUT2D eigenvalue weighted by atomic mass is 32.1. The second kappa shape index (κ2) is 5.24. The molecule has 1 atom stereocenters. The molecule has 1 unspecified atom stereocenters. The fraction of sp³-hybridized carbons (Fsp3) is 0.667. The Morgan fingerprint density at radius 2 is 2.00 bits per heavy atom. The third-order valence-electron chi connectivity index (χ3n) is 3.77. The van der Waals surface area contributed by atoms with Crippen LogP contribution in [-0.4, -0.2) is 18.3 Å². The van der Waals surface area contributed by atoms with Gasteiger partial charge in [0.15, 0.2) is 0 Å². The smallest absolute Gasteiger partial charge is 0.107 e. The van der Waals surface area contributed by atoms with Crippen LogP contribution < -0.4 is 0 Å². The van der Waals surface area contributed by atoms with Gasteiger partial charge in [0, 0.05) is 23.0 Å². The minimum Gasteiger partial charge on any atom is -0.386 e. The van der Waals surface area contributed by atoms with E-state index < -0.39 is 11.5 Å². The Morgan fingerprint density at radius 1 is 1.37 bits per heavy atom. The van der Waals surface area contributed by atoms with E-state index in [1.54, 1.807) is 11.3 Å². The van der Waals surface area contributed by atoms with Gasteiger partial charge in [-0.3, -0.25) is 0 Å². The first-order chi connectivity index (χ1) is 8.89. The quantitative estimate of drug-likeness (QED) is 0.902.